The van der Waals surface area contributed by atoms with E-state index in [-0.39, 0.29) is 5.92 Å². The Morgan fingerprint density at radius 3 is 2.36 bits per heavy atom. The number of alkyl halides is 3. The number of hydrogen-bond acceptors (Lipinski definition) is 1. The molecule has 0 spiro atoms. The predicted octanol–water partition coefficient (Wildman–Crippen LogP) is 3.09. The van der Waals surface area contributed by atoms with Crippen molar-refractivity contribution < 1.29 is 13.2 Å². The van der Waals surface area contributed by atoms with Crippen molar-refractivity contribution in [1.82, 2.24) is 0 Å². The monoisotopic (exact) mass is 209 g/mol. The summed E-state index contributed by atoms with van der Waals surface area (Å²) in [6, 6.07) is 0. The quantitative estimate of drug-likeness (QED) is 0.759. The zero-order chi connectivity index (χ0) is 10.6. The van der Waals surface area contributed by atoms with Crippen molar-refractivity contribution in [3.8, 4) is 0 Å². The van der Waals surface area contributed by atoms with Crippen molar-refractivity contribution in [2.24, 2.45) is 17.6 Å². The van der Waals surface area contributed by atoms with Crippen molar-refractivity contribution in [1.29, 1.82) is 0 Å². The van der Waals surface area contributed by atoms with Gasteiger partial charge in [-0.05, 0) is 38.1 Å². The fourth-order valence-corrected chi connectivity index (χ4v) is 2.36. The first-order valence-corrected chi connectivity index (χ1v) is 5.32. The highest BCUT2D eigenvalue weighted by Gasteiger charge is 2.44. The standard InChI is InChI=1S/C10H18F3N/c11-10(12,13)9-6-2-1-4-8(9)5-3-7-14/h8-9H,1-7,14H2. The average Bonchev–Trinajstić information content (AvgIpc) is 2.14. The molecule has 1 nitrogen and oxygen atoms in total. The molecule has 1 fully saturated rings. The van der Waals surface area contributed by atoms with E-state index >= 15 is 0 Å². The Morgan fingerprint density at radius 1 is 1.14 bits per heavy atom. The summed E-state index contributed by atoms with van der Waals surface area (Å²) < 4.78 is 37.8. The lowest BCUT2D eigenvalue weighted by atomic mass is 9.76. The van der Waals surface area contributed by atoms with Crippen LogP contribution in [0.4, 0.5) is 13.2 Å². The largest absolute Gasteiger partial charge is 0.392 e. The topological polar surface area (TPSA) is 26.0 Å². The molecular weight excluding hydrogens is 191 g/mol. The molecule has 1 rings (SSSR count). The Labute approximate surface area is 82.9 Å². The molecule has 1 saturated carbocycles. The summed E-state index contributed by atoms with van der Waals surface area (Å²) in [5.41, 5.74) is 5.32. The van der Waals surface area contributed by atoms with Crippen LogP contribution in [0.3, 0.4) is 0 Å². The molecule has 0 aromatic rings. The van der Waals surface area contributed by atoms with Gasteiger partial charge in [0.25, 0.3) is 0 Å². The summed E-state index contributed by atoms with van der Waals surface area (Å²) in [6.07, 6.45) is 0.0750. The molecule has 1 aliphatic carbocycles. The molecule has 2 unspecified atom stereocenters. The van der Waals surface area contributed by atoms with Gasteiger partial charge >= 0.3 is 6.18 Å². The van der Waals surface area contributed by atoms with Crippen LogP contribution in [0, 0.1) is 11.8 Å². The van der Waals surface area contributed by atoms with Gasteiger partial charge in [0.1, 0.15) is 0 Å². The molecule has 0 heterocycles. The summed E-state index contributed by atoms with van der Waals surface area (Å²) >= 11 is 0. The maximum atomic E-state index is 12.6. The van der Waals surface area contributed by atoms with Gasteiger partial charge in [0.2, 0.25) is 0 Å². The highest BCUT2D eigenvalue weighted by atomic mass is 19.4. The summed E-state index contributed by atoms with van der Waals surface area (Å²) in [4.78, 5) is 0. The highest BCUT2D eigenvalue weighted by molar-refractivity contribution is 4.80. The molecule has 0 amide bonds. The minimum absolute atomic E-state index is 0.174. The maximum absolute atomic E-state index is 12.6. The normalized spacial score (nSPS) is 29.1. The SMILES string of the molecule is NCCCC1CCCCC1C(F)(F)F. The van der Waals surface area contributed by atoms with Gasteiger partial charge in [0.05, 0.1) is 5.92 Å². The summed E-state index contributed by atoms with van der Waals surface area (Å²) in [5, 5.41) is 0. The lowest BCUT2D eigenvalue weighted by molar-refractivity contribution is -0.196. The van der Waals surface area contributed by atoms with Crippen LogP contribution in [-0.2, 0) is 0 Å². The molecular formula is C10H18F3N. The van der Waals surface area contributed by atoms with Crippen molar-refractivity contribution >= 4 is 0 Å². The average molecular weight is 209 g/mol. The minimum Gasteiger partial charge on any atom is -0.330 e. The fourth-order valence-electron chi connectivity index (χ4n) is 2.36. The van der Waals surface area contributed by atoms with Crippen LogP contribution in [0.2, 0.25) is 0 Å². The third-order valence-electron chi connectivity index (χ3n) is 3.11. The van der Waals surface area contributed by atoms with E-state index < -0.39 is 12.1 Å². The zero-order valence-corrected chi connectivity index (χ0v) is 8.32. The Morgan fingerprint density at radius 2 is 1.79 bits per heavy atom. The van der Waals surface area contributed by atoms with Gasteiger partial charge in [-0.3, -0.25) is 0 Å². The molecule has 4 heteroatoms. The van der Waals surface area contributed by atoms with Crippen LogP contribution < -0.4 is 5.73 Å². The summed E-state index contributed by atoms with van der Waals surface area (Å²) in [5.74, 6) is -1.24. The molecule has 1 aliphatic rings. The second-order valence-corrected chi connectivity index (χ2v) is 4.12. The van der Waals surface area contributed by atoms with Crippen molar-refractivity contribution in [3.63, 3.8) is 0 Å². The zero-order valence-electron chi connectivity index (χ0n) is 8.32. The van der Waals surface area contributed by atoms with Crippen molar-refractivity contribution in [2.45, 2.75) is 44.7 Å². The Bertz CT molecular complexity index is 167. The van der Waals surface area contributed by atoms with Crippen molar-refractivity contribution in [2.75, 3.05) is 6.54 Å². The van der Waals surface area contributed by atoms with Crippen LogP contribution in [0.25, 0.3) is 0 Å². The Hall–Kier alpha value is -0.250. The van der Waals surface area contributed by atoms with Gasteiger partial charge in [-0.2, -0.15) is 13.2 Å². The third-order valence-corrected chi connectivity index (χ3v) is 3.11. The molecule has 0 aliphatic heterocycles. The van der Waals surface area contributed by atoms with Crippen LogP contribution in [0.1, 0.15) is 38.5 Å². The van der Waals surface area contributed by atoms with Gasteiger partial charge in [-0.25, -0.2) is 0 Å². The predicted molar refractivity (Wildman–Crippen MR) is 49.8 cm³/mol. The molecule has 0 bridgehead atoms. The molecule has 2 atom stereocenters. The van der Waals surface area contributed by atoms with Gasteiger partial charge in [-0.1, -0.05) is 12.8 Å². The van der Waals surface area contributed by atoms with Gasteiger partial charge in [-0.15, -0.1) is 0 Å². The van der Waals surface area contributed by atoms with E-state index in [1.54, 1.807) is 0 Å². The Kier molecular flexibility index (Phi) is 4.23. The molecule has 84 valence electrons. The molecule has 0 saturated heterocycles. The molecule has 14 heavy (non-hydrogen) atoms. The maximum Gasteiger partial charge on any atom is 0.392 e. The summed E-state index contributed by atoms with van der Waals surface area (Å²) in [7, 11) is 0. The smallest absolute Gasteiger partial charge is 0.330 e. The lowest BCUT2D eigenvalue weighted by Gasteiger charge is -2.32. The van der Waals surface area contributed by atoms with Crippen LogP contribution in [0.5, 0.6) is 0 Å². The van der Waals surface area contributed by atoms with Gasteiger partial charge in [0.15, 0.2) is 0 Å². The number of rotatable bonds is 3. The number of hydrogen-bond donors (Lipinski definition) is 1. The molecule has 0 aromatic carbocycles. The first-order chi connectivity index (χ1) is 6.55. The van der Waals surface area contributed by atoms with Gasteiger partial charge in [0, 0.05) is 0 Å². The van der Waals surface area contributed by atoms with Crippen LogP contribution in [0.15, 0.2) is 0 Å². The van der Waals surface area contributed by atoms with Crippen LogP contribution >= 0.6 is 0 Å². The molecule has 0 aromatic heterocycles. The highest BCUT2D eigenvalue weighted by Crippen LogP contribution is 2.43. The summed E-state index contributed by atoms with van der Waals surface area (Å²) in [6.45, 7) is 0.501. The van der Waals surface area contributed by atoms with Gasteiger partial charge < -0.3 is 5.73 Å². The number of halogens is 3. The van der Waals surface area contributed by atoms with E-state index in [9.17, 15) is 13.2 Å². The van der Waals surface area contributed by atoms with Crippen LogP contribution in [-0.4, -0.2) is 12.7 Å². The minimum atomic E-state index is -4.00. The van der Waals surface area contributed by atoms with E-state index in [1.807, 2.05) is 0 Å². The number of nitrogens with two attached hydrogens (primary N) is 1. The second kappa shape index (κ2) is 5.01. The second-order valence-electron chi connectivity index (χ2n) is 4.12. The van der Waals surface area contributed by atoms with Crippen molar-refractivity contribution in [3.05, 3.63) is 0 Å². The first-order valence-electron chi connectivity index (χ1n) is 5.32. The van der Waals surface area contributed by atoms with E-state index in [0.717, 1.165) is 25.7 Å². The van der Waals surface area contributed by atoms with E-state index in [2.05, 4.69) is 0 Å². The first kappa shape index (κ1) is 11.8. The van der Waals surface area contributed by atoms with E-state index in [1.165, 1.54) is 0 Å². The molecule has 0 radical (unpaired) electrons. The third kappa shape index (κ3) is 3.15. The van der Waals surface area contributed by atoms with E-state index in [4.69, 9.17) is 5.73 Å². The van der Waals surface area contributed by atoms with E-state index in [0.29, 0.717) is 19.4 Å². The lowest BCUT2D eigenvalue weighted by Crippen LogP contribution is -2.33. The Balaban J connectivity index is 2.50. The fraction of sp³-hybridized carbons (Fsp3) is 1.00. The molecule has 2 N–H and O–H groups in total.